The fraction of sp³-hybridized carbons (Fsp3) is 0.533. The molecule has 1 aliphatic carbocycles. The summed E-state index contributed by atoms with van der Waals surface area (Å²) >= 11 is 0. The normalized spacial score (nSPS) is 20.1. The smallest absolute Gasteiger partial charge is 0.224 e. The van der Waals surface area contributed by atoms with Gasteiger partial charge in [-0.05, 0) is 30.9 Å². The van der Waals surface area contributed by atoms with Crippen LogP contribution in [0.1, 0.15) is 37.3 Å². The van der Waals surface area contributed by atoms with Gasteiger partial charge in [-0.1, -0.05) is 31.2 Å². The van der Waals surface area contributed by atoms with Gasteiger partial charge in [-0.25, -0.2) is 0 Å². The van der Waals surface area contributed by atoms with Crippen LogP contribution in [0.4, 0.5) is 0 Å². The van der Waals surface area contributed by atoms with Crippen molar-refractivity contribution in [1.29, 1.82) is 0 Å². The van der Waals surface area contributed by atoms with E-state index in [1.165, 1.54) is 11.1 Å². The molecule has 1 aromatic rings. The molecule has 3 unspecified atom stereocenters. The lowest BCUT2D eigenvalue weighted by Crippen LogP contribution is -2.39. The molecule has 0 heterocycles. The topological polar surface area (TPSA) is 55.1 Å². The molecule has 19 heavy (non-hydrogen) atoms. The lowest BCUT2D eigenvalue weighted by atomic mass is 10.00. The van der Waals surface area contributed by atoms with Gasteiger partial charge in [0, 0.05) is 24.4 Å². The maximum absolute atomic E-state index is 11.9. The van der Waals surface area contributed by atoms with Crippen LogP contribution in [0, 0.1) is 5.92 Å². The highest BCUT2D eigenvalue weighted by atomic mass is 35.5. The minimum Gasteiger partial charge on any atom is -0.355 e. The number of hydrogen-bond acceptors (Lipinski definition) is 2. The van der Waals surface area contributed by atoms with E-state index in [1.54, 1.807) is 0 Å². The summed E-state index contributed by atoms with van der Waals surface area (Å²) in [5.74, 6) is 0.404. The van der Waals surface area contributed by atoms with E-state index < -0.39 is 0 Å². The Balaban J connectivity index is 0.00000180. The van der Waals surface area contributed by atoms with Gasteiger partial charge in [0.25, 0.3) is 0 Å². The molecule has 2 rings (SSSR count). The van der Waals surface area contributed by atoms with E-state index in [0.717, 1.165) is 19.4 Å². The maximum Gasteiger partial charge on any atom is 0.224 e. The van der Waals surface area contributed by atoms with Crippen molar-refractivity contribution in [2.75, 3.05) is 6.54 Å². The summed E-state index contributed by atoms with van der Waals surface area (Å²) in [4.78, 5) is 11.9. The Kier molecular flexibility index (Phi) is 5.83. The number of carbonyl (C=O) groups excluding carboxylic acids is 1. The molecule has 0 fully saturated rings. The van der Waals surface area contributed by atoms with E-state index in [2.05, 4.69) is 29.6 Å². The molecule has 4 heteroatoms. The fourth-order valence-corrected chi connectivity index (χ4v) is 2.48. The maximum atomic E-state index is 11.9. The zero-order valence-electron chi connectivity index (χ0n) is 11.6. The van der Waals surface area contributed by atoms with Gasteiger partial charge in [-0.15, -0.1) is 12.4 Å². The van der Waals surface area contributed by atoms with Crippen LogP contribution in [0.25, 0.3) is 0 Å². The molecule has 3 nitrogen and oxygen atoms in total. The zero-order valence-corrected chi connectivity index (χ0v) is 12.4. The number of benzene rings is 1. The van der Waals surface area contributed by atoms with Crippen LogP contribution in [0.15, 0.2) is 24.3 Å². The van der Waals surface area contributed by atoms with Crippen LogP contribution < -0.4 is 11.1 Å². The monoisotopic (exact) mass is 282 g/mol. The second kappa shape index (κ2) is 6.92. The third-order valence-electron chi connectivity index (χ3n) is 3.98. The van der Waals surface area contributed by atoms with Crippen molar-refractivity contribution in [3.8, 4) is 0 Å². The first kappa shape index (κ1) is 16.0. The molecule has 0 aromatic heterocycles. The lowest BCUT2D eigenvalue weighted by molar-refractivity contribution is -0.125. The van der Waals surface area contributed by atoms with E-state index >= 15 is 0 Å². The Morgan fingerprint density at radius 3 is 2.79 bits per heavy atom. The number of rotatable bonds is 4. The zero-order chi connectivity index (χ0) is 13.1. The molecule has 0 bridgehead atoms. The molecule has 1 amide bonds. The molecule has 1 aromatic carbocycles. The minimum atomic E-state index is -0.123. The molecule has 106 valence electrons. The van der Waals surface area contributed by atoms with Gasteiger partial charge in [0.2, 0.25) is 5.91 Å². The molecule has 0 radical (unpaired) electrons. The van der Waals surface area contributed by atoms with Gasteiger partial charge in [0.1, 0.15) is 0 Å². The van der Waals surface area contributed by atoms with Crippen molar-refractivity contribution in [2.24, 2.45) is 11.7 Å². The molecule has 3 atom stereocenters. The lowest BCUT2D eigenvalue weighted by Gasteiger charge is -2.18. The fourth-order valence-electron chi connectivity index (χ4n) is 2.48. The van der Waals surface area contributed by atoms with Gasteiger partial charge in [0.05, 0.1) is 0 Å². The quantitative estimate of drug-likeness (QED) is 0.890. The first-order valence-electron chi connectivity index (χ1n) is 6.70. The van der Waals surface area contributed by atoms with Gasteiger partial charge in [-0.2, -0.15) is 0 Å². The number of aryl methyl sites for hydroxylation is 1. The standard InChI is InChI=1S/C15H22N2O.ClH/c1-10(11(2)16)15(18)17-9-13-8-7-12-5-3-4-6-14(12)13;/h3-6,10-11,13H,7-9,16H2,1-2H3,(H,17,18);1H. The van der Waals surface area contributed by atoms with Crippen LogP contribution in [-0.2, 0) is 11.2 Å². The van der Waals surface area contributed by atoms with Crippen molar-refractivity contribution in [3.63, 3.8) is 0 Å². The van der Waals surface area contributed by atoms with Crippen LogP contribution in [0.3, 0.4) is 0 Å². The van der Waals surface area contributed by atoms with Crippen molar-refractivity contribution in [3.05, 3.63) is 35.4 Å². The van der Waals surface area contributed by atoms with Crippen molar-refractivity contribution < 1.29 is 4.79 Å². The molecule has 0 spiro atoms. The van der Waals surface area contributed by atoms with Crippen LogP contribution in [0.5, 0.6) is 0 Å². The predicted octanol–water partition coefficient (Wildman–Crippen LogP) is 2.24. The van der Waals surface area contributed by atoms with Crippen LogP contribution in [-0.4, -0.2) is 18.5 Å². The Bertz CT molecular complexity index is 434. The predicted molar refractivity (Wildman–Crippen MR) is 80.6 cm³/mol. The third-order valence-corrected chi connectivity index (χ3v) is 3.98. The van der Waals surface area contributed by atoms with Crippen molar-refractivity contribution >= 4 is 18.3 Å². The summed E-state index contributed by atoms with van der Waals surface area (Å²) in [7, 11) is 0. The van der Waals surface area contributed by atoms with E-state index in [0.29, 0.717) is 5.92 Å². The van der Waals surface area contributed by atoms with E-state index in [4.69, 9.17) is 5.73 Å². The molecule has 0 aliphatic heterocycles. The second-order valence-electron chi connectivity index (χ2n) is 5.33. The molecule has 0 saturated heterocycles. The number of nitrogens with one attached hydrogen (secondary N) is 1. The highest BCUT2D eigenvalue weighted by molar-refractivity contribution is 5.85. The Labute approximate surface area is 121 Å². The Hall–Kier alpha value is -1.06. The first-order chi connectivity index (χ1) is 8.59. The summed E-state index contributed by atoms with van der Waals surface area (Å²) in [6, 6.07) is 8.41. The van der Waals surface area contributed by atoms with E-state index in [-0.39, 0.29) is 30.3 Å². The molecule has 1 aliphatic rings. The summed E-state index contributed by atoms with van der Waals surface area (Å²) in [6.45, 7) is 4.48. The first-order valence-corrected chi connectivity index (χ1v) is 6.70. The van der Waals surface area contributed by atoms with Crippen molar-refractivity contribution in [1.82, 2.24) is 5.32 Å². The second-order valence-corrected chi connectivity index (χ2v) is 5.33. The summed E-state index contributed by atoms with van der Waals surface area (Å²) in [5.41, 5.74) is 8.56. The van der Waals surface area contributed by atoms with E-state index in [1.807, 2.05) is 13.8 Å². The largest absolute Gasteiger partial charge is 0.355 e. The summed E-state index contributed by atoms with van der Waals surface area (Å²) in [5, 5.41) is 3.03. The molecular formula is C15H23ClN2O. The third kappa shape index (κ3) is 3.71. The Morgan fingerprint density at radius 1 is 1.42 bits per heavy atom. The van der Waals surface area contributed by atoms with Gasteiger partial charge in [-0.3, -0.25) is 4.79 Å². The van der Waals surface area contributed by atoms with E-state index in [9.17, 15) is 4.79 Å². The molecule has 3 N–H and O–H groups in total. The van der Waals surface area contributed by atoms with Gasteiger partial charge >= 0.3 is 0 Å². The van der Waals surface area contributed by atoms with Crippen LogP contribution in [0.2, 0.25) is 0 Å². The van der Waals surface area contributed by atoms with Gasteiger partial charge in [0.15, 0.2) is 0 Å². The number of fused-ring (bicyclic) bond motifs is 1. The number of hydrogen-bond donors (Lipinski definition) is 2. The Morgan fingerprint density at radius 2 is 2.11 bits per heavy atom. The highest BCUT2D eigenvalue weighted by Gasteiger charge is 2.23. The molecular weight excluding hydrogens is 260 g/mol. The number of nitrogens with two attached hydrogens (primary N) is 1. The number of halogens is 1. The minimum absolute atomic E-state index is 0. The van der Waals surface area contributed by atoms with Gasteiger partial charge < -0.3 is 11.1 Å². The average molecular weight is 283 g/mol. The number of carbonyl (C=O) groups is 1. The molecule has 0 saturated carbocycles. The number of amides is 1. The average Bonchev–Trinajstić information content (AvgIpc) is 2.78. The summed E-state index contributed by atoms with van der Waals surface area (Å²) in [6.07, 6.45) is 2.26. The highest BCUT2D eigenvalue weighted by Crippen LogP contribution is 2.32. The SMILES string of the molecule is CC(N)C(C)C(=O)NCC1CCc2ccccc21.Cl. The summed E-state index contributed by atoms with van der Waals surface area (Å²) < 4.78 is 0. The van der Waals surface area contributed by atoms with Crippen molar-refractivity contribution in [2.45, 2.75) is 38.6 Å². The van der Waals surface area contributed by atoms with Crippen LogP contribution >= 0.6 is 12.4 Å².